The summed E-state index contributed by atoms with van der Waals surface area (Å²) in [6.45, 7) is 2.18. The van der Waals surface area contributed by atoms with Crippen LogP contribution in [0.5, 0.6) is 0 Å². The molecular formula is C11H18N4O. The first-order valence-corrected chi connectivity index (χ1v) is 5.82. The first kappa shape index (κ1) is 11.1. The van der Waals surface area contributed by atoms with Gasteiger partial charge in [-0.15, -0.1) is 0 Å². The van der Waals surface area contributed by atoms with E-state index in [4.69, 9.17) is 0 Å². The Hall–Kier alpha value is -1.36. The number of amides is 1. The van der Waals surface area contributed by atoms with Crippen LogP contribution in [0.1, 0.15) is 19.3 Å². The standard InChI is InChI=1S/C11H18N4O/c16-11(9-15-8-2-6-14-15)13-7-4-10-3-1-5-12-10/h2,6,8,10,12H,1,3-5,7,9H2,(H,13,16). The maximum atomic E-state index is 11.5. The molecule has 1 aliphatic rings. The number of carbonyl (C=O) groups is 1. The molecule has 1 amide bonds. The summed E-state index contributed by atoms with van der Waals surface area (Å²) in [5.41, 5.74) is 0. The van der Waals surface area contributed by atoms with E-state index in [-0.39, 0.29) is 5.91 Å². The molecule has 0 radical (unpaired) electrons. The van der Waals surface area contributed by atoms with Crippen molar-refractivity contribution in [3.63, 3.8) is 0 Å². The maximum Gasteiger partial charge on any atom is 0.241 e. The van der Waals surface area contributed by atoms with Gasteiger partial charge in [-0.05, 0) is 31.9 Å². The fraction of sp³-hybridized carbons (Fsp3) is 0.636. The van der Waals surface area contributed by atoms with Crippen molar-refractivity contribution >= 4 is 5.91 Å². The minimum atomic E-state index is 0.0293. The predicted molar refractivity (Wildman–Crippen MR) is 60.9 cm³/mol. The molecule has 0 aliphatic carbocycles. The van der Waals surface area contributed by atoms with E-state index in [0.717, 1.165) is 19.5 Å². The first-order valence-electron chi connectivity index (χ1n) is 5.82. The molecule has 0 saturated carbocycles. The van der Waals surface area contributed by atoms with Crippen LogP contribution in [0.3, 0.4) is 0 Å². The largest absolute Gasteiger partial charge is 0.354 e. The molecule has 16 heavy (non-hydrogen) atoms. The minimum Gasteiger partial charge on any atom is -0.354 e. The van der Waals surface area contributed by atoms with Gasteiger partial charge >= 0.3 is 0 Å². The van der Waals surface area contributed by atoms with Gasteiger partial charge < -0.3 is 10.6 Å². The van der Waals surface area contributed by atoms with Gasteiger partial charge in [-0.3, -0.25) is 9.48 Å². The van der Waals surface area contributed by atoms with Crippen molar-refractivity contribution in [1.82, 2.24) is 20.4 Å². The number of hydrogen-bond donors (Lipinski definition) is 2. The lowest BCUT2D eigenvalue weighted by Gasteiger charge is -2.10. The van der Waals surface area contributed by atoms with Gasteiger partial charge in [0.1, 0.15) is 6.54 Å². The molecule has 0 aromatic carbocycles. The third-order valence-corrected chi connectivity index (χ3v) is 2.84. The Bertz CT molecular complexity index is 317. The molecule has 1 saturated heterocycles. The molecule has 5 heteroatoms. The number of hydrogen-bond acceptors (Lipinski definition) is 3. The summed E-state index contributed by atoms with van der Waals surface area (Å²) >= 11 is 0. The van der Waals surface area contributed by atoms with Crippen molar-refractivity contribution in [2.24, 2.45) is 0 Å². The van der Waals surface area contributed by atoms with Crippen LogP contribution in [-0.2, 0) is 11.3 Å². The Labute approximate surface area is 95.2 Å². The predicted octanol–water partition coefficient (Wildman–Crippen LogP) is 0.141. The maximum absolute atomic E-state index is 11.5. The van der Waals surface area contributed by atoms with Gasteiger partial charge in [0.15, 0.2) is 0 Å². The van der Waals surface area contributed by atoms with Crippen LogP contribution in [0, 0.1) is 0 Å². The SMILES string of the molecule is O=C(Cn1cccn1)NCCC1CCCN1. The van der Waals surface area contributed by atoms with Crippen LogP contribution >= 0.6 is 0 Å². The van der Waals surface area contributed by atoms with E-state index in [2.05, 4.69) is 15.7 Å². The quantitative estimate of drug-likeness (QED) is 0.745. The Morgan fingerprint density at radius 3 is 3.25 bits per heavy atom. The highest BCUT2D eigenvalue weighted by atomic mass is 16.2. The highest BCUT2D eigenvalue weighted by Gasteiger charge is 2.13. The van der Waals surface area contributed by atoms with Crippen molar-refractivity contribution in [2.75, 3.05) is 13.1 Å². The zero-order chi connectivity index (χ0) is 11.2. The Balaban J connectivity index is 1.60. The van der Waals surface area contributed by atoms with Crippen molar-refractivity contribution in [3.8, 4) is 0 Å². The molecule has 2 N–H and O–H groups in total. The van der Waals surface area contributed by atoms with Gasteiger partial charge in [0.25, 0.3) is 0 Å². The number of aromatic nitrogens is 2. The lowest BCUT2D eigenvalue weighted by Crippen LogP contribution is -2.32. The summed E-state index contributed by atoms with van der Waals surface area (Å²) < 4.78 is 1.63. The monoisotopic (exact) mass is 222 g/mol. The molecule has 1 atom stereocenters. The van der Waals surface area contributed by atoms with Crippen molar-refractivity contribution in [2.45, 2.75) is 31.8 Å². The van der Waals surface area contributed by atoms with E-state index < -0.39 is 0 Å². The van der Waals surface area contributed by atoms with Crippen LogP contribution in [-0.4, -0.2) is 34.8 Å². The van der Waals surface area contributed by atoms with E-state index in [1.54, 1.807) is 17.1 Å². The van der Waals surface area contributed by atoms with E-state index in [0.29, 0.717) is 12.6 Å². The second kappa shape index (κ2) is 5.65. The smallest absolute Gasteiger partial charge is 0.241 e. The third kappa shape index (κ3) is 3.34. The van der Waals surface area contributed by atoms with Gasteiger partial charge in [-0.25, -0.2) is 0 Å². The summed E-state index contributed by atoms with van der Waals surface area (Å²) in [5, 5.41) is 10.3. The molecule has 1 aromatic heterocycles. The van der Waals surface area contributed by atoms with Gasteiger partial charge in [0, 0.05) is 25.0 Å². The molecule has 1 fully saturated rings. The third-order valence-electron chi connectivity index (χ3n) is 2.84. The van der Waals surface area contributed by atoms with Crippen LogP contribution in [0.2, 0.25) is 0 Å². The fourth-order valence-electron chi connectivity index (χ4n) is 1.99. The number of carbonyl (C=O) groups excluding carboxylic acids is 1. The molecule has 1 aliphatic heterocycles. The highest BCUT2D eigenvalue weighted by molar-refractivity contribution is 5.75. The van der Waals surface area contributed by atoms with Gasteiger partial charge in [-0.1, -0.05) is 0 Å². The molecule has 5 nitrogen and oxygen atoms in total. The van der Waals surface area contributed by atoms with Gasteiger partial charge in [-0.2, -0.15) is 5.10 Å². The molecule has 0 bridgehead atoms. The van der Waals surface area contributed by atoms with Gasteiger partial charge in [0.05, 0.1) is 0 Å². The molecule has 1 aromatic rings. The topological polar surface area (TPSA) is 59.0 Å². The average Bonchev–Trinajstić information content (AvgIpc) is 2.90. The first-order chi connectivity index (χ1) is 7.84. The van der Waals surface area contributed by atoms with Crippen LogP contribution in [0.4, 0.5) is 0 Å². The molecule has 0 spiro atoms. The summed E-state index contributed by atoms with van der Waals surface area (Å²) in [5.74, 6) is 0.0293. The Morgan fingerprint density at radius 1 is 1.62 bits per heavy atom. The highest BCUT2D eigenvalue weighted by Crippen LogP contribution is 2.07. The minimum absolute atomic E-state index is 0.0293. The van der Waals surface area contributed by atoms with Crippen LogP contribution < -0.4 is 10.6 Å². The Kier molecular flexibility index (Phi) is 3.93. The van der Waals surface area contributed by atoms with Crippen LogP contribution in [0.15, 0.2) is 18.5 Å². The molecule has 2 heterocycles. The molecular weight excluding hydrogens is 204 g/mol. The fourth-order valence-corrected chi connectivity index (χ4v) is 1.99. The van der Waals surface area contributed by atoms with E-state index in [9.17, 15) is 4.79 Å². The van der Waals surface area contributed by atoms with Crippen molar-refractivity contribution in [3.05, 3.63) is 18.5 Å². The summed E-state index contributed by atoms with van der Waals surface area (Å²) in [6, 6.07) is 2.40. The molecule has 2 rings (SSSR count). The lowest BCUT2D eigenvalue weighted by atomic mass is 10.1. The summed E-state index contributed by atoms with van der Waals surface area (Å²) in [6.07, 6.45) is 6.97. The van der Waals surface area contributed by atoms with E-state index in [1.807, 2.05) is 6.07 Å². The van der Waals surface area contributed by atoms with Gasteiger partial charge in [0.2, 0.25) is 5.91 Å². The second-order valence-electron chi connectivity index (χ2n) is 4.14. The van der Waals surface area contributed by atoms with Crippen LogP contribution in [0.25, 0.3) is 0 Å². The summed E-state index contributed by atoms with van der Waals surface area (Å²) in [7, 11) is 0. The molecule has 1 unspecified atom stereocenters. The van der Waals surface area contributed by atoms with Crippen molar-refractivity contribution in [1.29, 1.82) is 0 Å². The normalized spacial score (nSPS) is 19.9. The number of rotatable bonds is 5. The van der Waals surface area contributed by atoms with E-state index >= 15 is 0 Å². The lowest BCUT2D eigenvalue weighted by molar-refractivity contribution is -0.121. The zero-order valence-corrected chi connectivity index (χ0v) is 9.35. The van der Waals surface area contributed by atoms with Crippen molar-refractivity contribution < 1.29 is 4.79 Å². The summed E-state index contributed by atoms with van der Waals surface area (Å²) in [4.78, 5) is 11.5. The Morgan fingerprint density at radius 2 is 2.56 bits per heavy atom. The number of nitrogens with one attached hydrogen (secondary N) is 2. The zero-order valence-electron chi connectivity index (χ0n) is 9.35. The number of nitrogens with zero attached hydrogens (tertiary/aromatic N) is 2. The second-order valence-corrected chi connectivity index (χ2v) is 4.14. The van der Waals surface area contributed by atoms with E-state index in [1.165, 1.54) is 12.8 Å². The average molecular weight is 222 g/mol. The molecule has 88 valence electrons.